The fourth-order valence-electron chi connectivity index (χ4n) is 1.33. The second kappa shape index (κ2) is 4.23. The van der Waals surface area contributed by atoms with E-state index in [1.807, 2.05) is 19.1 Å². The van der Waals surface area contributed by atoms with E-state index in [1.165, 1.54) is 0 Å². The summed E-state index contributed by atoms with van der Waals surface area (Å²) in [5, 5.41) is 0. The highest BCUT2D eigenvalue weighted by Crippen LogP contribution is 2.12. The van der Waals surface area contributed by atoms with Gasteiger partial charge in [0, 0.05) is 18.8 Å². The Hall–Kier alpha value is -1.68. The van der Waals surface area contributed by atoms with Crippen LogP contribution in [-0.4, -0.2) is 9.97 Å². The molecule has 4 heteroatoms. The molecule has 0 aliphatic carbocycles. The van der Waals surface area contributed by atoms with Crippen LogP contribution in [0.1, 0.15) is 23.2 Å². The molecule has 1 unspecified atom stereocenters. The Morgan fingerprint density at radius 2 is 2.13 bits per heavy atom. The van der Waals surface area contributed by atoms with E-state index >= 15 is 0 Å². The molecule has 0 aromatic carbocycles. The third-order valence-electron chi connectivity index (χ3n) is 2.13. The maximum atomic E-state index is 5.95. The van der Waals surface area contributed by atoms with E-state index in [0.29, 0.717) is 12.2 Å². The maximum absolute atomic E-state index is 5.95. The number of nitrogens with zero attached hydrogens (tertiary/aromatic N) is 2. The van der Waals surface area contributed by atoms with Gasteiger partial charge in [-0.25, -0.2) is 9.97 Å². The highest BCUT2D eigenvalue weighted by molar-refractivity contribution is 5.07. The lowest BCUT2D eigenvalue weighted by Gasteiger charge is -2.07. The molecule has 0 amide bonds. The van der Waals surface area contributed by atoms with E-state index in [-0.39, 0.29) is 6.04 Å². The van der Waals surface area contributed by atoms with Crippen LogP contribution in [0.5, 0.6) is 0 Å². The van der Waals surface area contributed by atoms with E-state index in [0.717, 1.165) is 11.3 Å². The number of nitrogens with two attached hydrogens (primary N) is 1. The predicted molar refractivity (Wildman–Crippen MR) is 56.1 cm³/mol. The second-order valence-corrected chi connectivity index (χ2v) is 3.51. The minimum Gasteiger partial charge on any atom is -0.469 e. The zero-order valence-electron chi connectivity index (χ0n) is 8.55. The van der Waals surface area contributed by atoms with Gasteiger partial charge in [0.1, 0.15) is 11.6 Å². The van der Waals surface area contributed by atoms with Gasteiger partial charge < -0.3 is 10.2 Å². The lowest BCUT2D eigenvalue weighted by Crippen LogP contribution is -2.16. The zero-order chi connectivity index (χ0) is 10.7. The van der Waals surface area contributed by atoms with Gasteiger partial charge in [0.2, 0.25) is 0 Å². The molecule has 0 spiro atoms. The van der Waals surface area contributed by atoms with Crippen LogP contribution < -0.4 is 5.73 Å². The number of aryl methyl sites for hydroxylation is 1. The summed E-state index contributed by atoms with van der Waals surface area (Å²) in [6.45, 7) is 1.95. The molecule has 0 bridgehead atoms. The first kappa shape index (κ1) is 9.86. The number of rotatable bonds is 3. The fraction of sp³-hybridized carbons (Fsp3) is 0.273. The number of hydrogen-bond donors (Lipinski definition) is 1. The third-order valence-corrected chi connectivity index (χ3v) is 2.13. The van der Waals surface area contributed by atoms with Crippen molar-refractivity contribution in [1.82, 2.24) is 9.97 Å². The third kappa shape index (κ3) is 2.41. The summed E-state index contributed by atoms with van der Waals surface area (Å²) in [5.74, 6) is 1.50. The van der Waals surface area contributed by atoms with Crippen molar-refractivity contribution in [3.05, 3.63) is 47.9 Å². The number of hydrogen-bond acceptors (Lipinski definition) is 4. The molecule has 2 heterocycles. The maximum Gasteiger partial charge on any atom is 0.145 e. The summed E-state index contributed by atoms with van der Waals surface area (Å²) in [6, 6.07) is 3.53. The quantitative estimate of drug-likeness (QED) is 0.823. The summed E-state index contributed by atoms with van der Waals surface area (Å²) in [6.07, 6.45) is 5.79. The molecule has 0 saturated heterocycles. The van der Waals surface area contributed by atoms with Gasteiger partial charge in [-0.2, -0.15) is 0 Å². The standard InChI is InChI=1S/C11H13N3O/c1-8-6-13-11(14-7-8)10(12)5-9-3-2-4-15-9/h2-4,6-7,10H,5,12H2,1H3. The molecule has 2 N–H and O–H groups in total. The van der Waals surface area contributed by atoms with Crippen molar-refractivity contribution in [2.24, 2.45) is 5.73 Å². The summed E-state index contributed by atoms with van der Waals surface area (Å²) >= 11 is 0. The van der Waals surface area contributed by atoms with Crippen molar-refractivity contribution >= 4 is 0 Å². The van der Waals surface area contributed by atoms with Crippen LogP contribution in [-0.2, 0) is 6.42 Å². The number of furan rings is 1. The second-order valence-electron chi connectivity index (χ2n) is 3.51. The molecule has 0 aliphatic heterocycles. The van der Waals surface area contributed by atoms with Crippen LogP contribution in [0.2, 0.25) is 0 Å². The molecule has 15 heavy (non-hydrogen) atoms. The molecule has 2 aromatic rings. The minimum absolute atomic E-state index is 0.211. The van der Waals surface area contributed by atoms with Crippen LogP contribution in [0.25, 0.3) is 0 Å². The average Bonchev–Trinajstić information content (AvgIpc) is 2.71. The van der Waals surface area contributed by atoms with Gasteiger partial charge in [0.15, 0.2) is 0 Å². The molecule has 0 saturated carbocycles. The fourth-order valence-corrected chi connectivity index (χ4v) is 1.33. The van der Waals surface area contributed by atoms with Crippen LogP contribution >= 0.6 is 0 Å². The van der Waals surface area contributed by atoms with Gasteiger partial charge in [0.05, 0.1) is 12.3 Å². The predicted octanol–water partition coefficient (Wildman–Crippen LogP) is 1.62. The topological polar surface area (TPSA) is 64.9 Å². The smallest absolute Gasteiger partial charge is 0.145 e. The van der Waals surface area contributed by atoms with E-state index in [2.05, 4.69) is 9.97 Å². The molecule has 2 aromatic heterocycles. The minimum atomic E-state index is -0.211. The summed E-state index contributed by atoms with van der Waals surface area (Å²) in [7, 11) is 0. The molecule has 2 rings (SSSR count). The van der Waals surface area contributed by atoms with Crippen molar-refractivity contribution in [2.45, 2.75) is 19.4 Å². The molecule has 0 radical (unpaired) electrons. The first-order chi connectivity index (χ1) is 7.25. The van der Waals surface area contributed by atoms with E-state index < -0.39 is 0 Å². The Morgan fingerprint density at radius 3 is 2.73 bits per heavy atom. The highest BCUT2D eigenvalue weighted by atomic mass is 16.3. The molecular formula is C11H13N3O. The lowest BCUT2D eigenvalue weighted by molar-refractivity contribution is 0.482. The summed E-state index contributed by atoms with van der Waals surface area (Å²) < 4.78 is 5.21. The van der Waals surface area contributed by atoms with Crippen molar-refractivity contribution in [2.75, 3.05) is 0 Å². The van der Waals surface area contributed by atoms with Gasteiger partial charge in [0.25, 0.3) is 0 Å². The van der Waals surface area contributed by atoms with Crippen LogP contribution in [0.15, 0.2) is 35.2 Å². The Kier molecular flexibility index (Phi) is 2.78. The van der Waals surface area contributed by atoms with Crippen molar-refractivity contribution in [3.63, 3.8) is 0 Å². The first-order valence-corrected chi connectivity index (χ1v) is 4.82. The van der Waals surface area contributed by atoms with E-state index in [4.69, 9.17) is 10.2 Å². The van der Waals surface area contributed by atoms with Gasteiger partial charge in [-0.15, -0.1) is 0 Å². The SMILES string of the molecule is Cc1cnc(C(N)Cc2ccco2)nc1. The Morgan fingerprint density at radius 1 is 1.40 bits per heavy atom. The molecule has 0 fully saturated rings. The summed E-state index contributed by atoms with van der Waals surface area (Å²) in [5.41, 5.74) is 6.98. The molecule has 4 nitrogen and oxygen atoms in total. The van der Waals surface area contributed by atoms with Crippen molar-refractivity contribution in [3.8, 4) is 0 Å². The zero-order valence-corrected chi connectivity index (χ0v) is 8.55. The van der Waals surface area contributed by atoms with Gasteiger partial charge >= 0.3 is 0 Å². The summed E-state index contributed by atoms with van der Waals surface area (Å²) in [4.78, 5) is 8.36. The van der Waals surface area contributed by atoms with Gasteiger partial charge in [-0.05, 0) is 24.6 Å². The van der Waals surface area contributed by atoms with E-state index in [9.17, 15) is 0 Å². The molecule has 1 atom stereocenters. The molecule has 78 valence electrons. The van der Waals surface area contributed by atoms with Crippen LogP contribution in [0.4, 0.5) is 0 Å². The lowest BCUT2D eigenvalue weighted by atomic mass is 10.1. The van der Waals surface area contributed by atoms with Crippen molar-refractivity contribution in [1.29, 1.82) is 0 Å². The van der Waals surface area contributed by atoms with E-state index in [1.54, 1.807) is 18.7 Å². The highest BCUT2D eigenvalue weighted by Gasteiger charge is 2.11. The van der Waals surface area contributed by atoms with Crippen LogP contribution in [0, 0.1) is 6.92 Å². The average molecular weight is 203 g/mol. The van der Waals surface area contributed by atoms with Gasteiger partial charge in [-0.3, -0.25) is 0 Å². The van der Waals surface area contributed by atoms with Gasteiger partial charge in [-0.1, -0.05) is 0 Å². The first-order valence-electron chi connectivity index (χ1n) is 4.82. The Balaban J connectivity index is 2.08. The largest absolute Gasteiger partial charge is 0.469 e. The molecular weight excluding hydrogens is 190 g/mol. The van der Waals surface area contributed by atoms with Crippen molar-refractivity contribution < 1.29 is 4.42 Å². The van der Waals surface area contributed by atoms with Crippen LogP contribution in [0.3, 0.4) is 0 Å². The normalized spacial score (nSPS) is 12.7. The molecule has 0 aliphatic rings. The Bertz CT molecular complexity index is 408. The number of aromatic nitrogens is 2. The Labute approximate surface area is 88.2 Å². The monoisotopic (exact) mass is 203 g/mol.